The van der Waals surface area contributed by atoms with E-state index in [4.69, 9.17) is 4.74 Å². The summed E-state index contributed by atoms with van der Waals surface area (Å²) in [4.78, 5) is 28.5. The zero-order valence-corrected chi connectivity index (χ0v) is 16.9. The number of para-hydroxylation sites is 2. The maximum Gasteiger partial charge on any atom is 0.267 e. The number of anilines is 1. The number of carbonyl (C=O) groups is 2. The highest BCUT2D eigenvalue weighted by molar-refractivity contribution is 6.00. The second kappa shape index (κ2) is 9.05. The highest BCUT2D eigenvalue weighted by Gasteiger charge is 2.31. The topological polar surface area (TPSA) is 61.9 Å². The summed E-state index contributed by atoms with van der Waals surface area (Å²) < 4.78 is 19.2. The van der Waals surface area contributed by atoms with E-state index in [1.54, 1.807) is 17.9 Å². The SMILES string of the molecule is CC1Oc2ccccc2N(CCC(=O)NCC(c2cccc(F)c2)N(C)C)C1=O. The molecule has 0 fully saturated rings. The molecule has 0 saturated carbocycles. The first-order valence-electron chi connectivity index (χ1n) is 9.62. The zero-order chi connectivity index (χ0) is 21.0. The number of nitrogens with zero attached hydrogens (tertiary/aromatic N) is 2. The molecule has 2 atom stereocenters. The van der Waals surface area contributed by atoms with E-state index in [9.17, 15) is 14.0 Å². The molecule has 29 heavy (non-hydrogen) atoms. The number of nitrogens with one attached hydrogen (secondary N) is 1. The zero-order valence-electron chi connectivity index (χ0n) is 16.9. The molecule has 2 amide bonds. The lowest BCUT2D eigenvalue weighted by atomic mass is 10.1. The van der Waals surface area contributed by atoms with Crippen molar-refractivity contribution in [1.82, 2.24) is 10.2 Å². The Bertz CT molecular complexity index is 887. The van der Waals surface area contributed by atoms with Crippen molar-refractivity contribution in [2.24, 2.45) is 0 Å². The van der Waals surface area contributed by atoms with E-state index in [0.29, 0.717) is 18.0 Å². The minimum atomic E-state index is -0.584. The summed E-state index contributed by atoms with van der Waals surface area (Å²) in [7, 11) is 3.76. The van der Waals surface area contributed by atoms with Gasteiger partial charge in [-0.3, -0.25) is 9.59 Å². The van der Waals surface area contributed by atoms with E-state index >= 15 is 0 Å². The van der Waals surface area contributed by atoms with Crippen molar-refractivity contribution in [2.75, 3.05) is 32.1 Å². The second-order valence-corrected chi connectivity index (χ2v) is 7.31. The molecule has 0 saturated heterocycles. The molecule has 0 aliphatic carbocycles. The highest BCUT2D eigenvalue weighted by atomic mass is 19.1. The van der Waals surface area contributed by atoms with Crippen LogP contribution in [-0.2, 0) is 9.59 Å². The summed E-state index contributed by atoms with van der Waals surface area (Å²) >= 11 is 0. The molecule has 1 heterocycles. The van der Waals surface area contributed by atoms with Crippen LogP contribution in [0.25, 0.3) is 0 Å². The van der Waals surface area contributed by atoms with Gasteiger partial charge in [0.15, 0.2) is 6.10 Å². The number of amides is 2. The molecule has 154 valence electrons. The van der Waals surface area contributed by atoms with Crippen LogP contribution >= 0.6 is 0 Å². The Balaban J connectivity index is 1.60. The number of ether oxygens (including phenoxy) is 1. The van der Waals surface area contributed by atoms with Gasteiger partial charge < -0.3 is 19.9 Å². The van der Waals surface area contributed by atoms with Crippen molar-refractivity contribution >= 4 is 17.5 Å². The van der Waals surface area contributed by atoms with Crippen LogP contribution in [0.1, 0.15) is 24.9 Å². The van der Waals surface area contributed by atoms with Gasteiger partial charge in [0.25, 0.3) is 5.91 Å². The fraction of sp³-hybridized carbons (Fsp3) is 0.364. The molecule has 0 radical (unpaired) electrons. The number of fused-ring (bicyclic) bond motifs is 1. The molecule has 0 aromatic heterocycles. The molecule has 0 spiro atoms. The minimum Gasteiger partial charge on any atom is -0.479 e. The van der Waals surface area contributed by atoms with Crippen molar-refractivity contribution in [3.63, 3.8) is 0 Å². The lowest BCUT2D eigenvalue weighted by molar-refractivity contribution is -0.125. The molecule has 0 bridgehead atoms. The molecule has 2 aromatic rings. The average Bonchev–Trinajstić information content (AvgIpc) is 2.68. The first-order chi connectivity index (χ1) is 13.9. The van der Waals surface area contributed by atoms with E-state index < -0.39 is 6.10 Å². The van der Waals surface area contributed by atoms with Gasteiger partial charge in [0.1, 0.15) is 11.6 Å². The smallest absolute Gasteiger partial charge is 0.267 e. The first kappa shape index (κ1) is 20.8. The molecule has 1 N–H and O–H groups in total. The van der Waals surface area contributed by atoms with Crippen molar-refractivity contribution in [2.45, 2.75) is 25.5 Å². The lowest BCUT2D eigenvalue weighted by Crippen LogP contribution is -2.46. The summed E-state index contributed by atoms with van der Waals surface area (Å²) in [6.07, 6.45) is -0.421. The van der Waals surface area contributed by atoms with Crippen molar-refractivity contribution in [1.29, 1.82) is 0 Å². The van der Waals surface area contributed by atoms with E-state index in [-0.39, 0.29) is 36.6 Å². The summed E-state index contributed by atoms with van der Waals surface area (Å²) in [5, 5.41) is 2.90. The molecule has 6 nitrogen and oxygen atoms in total. The van der Waals surface area contributed by atoms with E-state index in [1.807, 2.05) is 49.3 Å². The fourth-order valence-corrected chi connectivity index (χ4v) is 3.41. The summed E-state index contributed by atoms with van der Waals surface area (Å²) in [5.41, 5.74) is 1.47. The van der Waals surface area contributed by atoms with Crippen LogP contribution in [0.4, 0.5) is 10.1 Å². The minimum absolute atomic E-state index is 0.152. The monoisotopic (exact) mass is 399 g/mol. The van der Waals surface area contributed by atoms with Crippen LogP contribution < -0.4 is 15.0 Å². The van der Waals surface area contributed by atoms with Crippen molar-refractivity contribution in [3.8, 4) is 5.75 Å². The van der Waals surface area contributed by atoms with Crippen LogP contribution in [0.5, 0.6) is 5.75 Å². The number of benzene rings is 2. The Kier molecular flexibility index (Phi) is 6.49. The van der Waals surface area contributed by atoms with Gasteiger partial charge in [-0.2, -0.15) is 0 Å². The predicted octanol–water partition coefficient (Wildman–Crippen LogP) is 2.75. The van der Waals surface area contributed by atoms with E-state index in [0.717, 1.165) is 5.56 Å². The van der Waals surface area contributed by atoms with Crippen molar-refractivity contribution in [3.05, 3.63) is 59.9 Å². The molecule has 1 aliphatic rings. The highest BCUT2D eigenvalue weighted by Crippen LogP contribution is 2.33. The number of likely N-dealkylation sites (N-methyl/N-ethyl adjacent to an activating group) is 1. The maximum absolute atomic E-state index is 13.6. The third kappa shape index (κ3) is 4.92. The normalized spacial score (nSPS) is 16.9. The Morgan fingerprint density at radius 1 is 1.24 bits per heavy atom. The number of carbonyl (C=O) groups excluding carboxylic acids is 2. The number of hydrogen-bond acceptors (Lipinski definition) is 4. The largest absolute Gasteiger partial charge is 0.479 e. The predicted molar refractivity (Wildman–Crippen MR) is 109 cm³/mol. The van der Waals surface area contributed by atoms with E-state index in [2.05, 4.69) is 5.32 Å². The quantitative estimate of drug-likeness (QED) is 0.778. The Labute approximate surface area is 170 Å². The Morgan fingerprint density at radius 3 is 2.72 bits per heavy atom. The number of halogens is 1. The Morgan fingerprint density at radius 2 is 2.00 bits per heavy atom. The molecular formula is C22H26FN3O3. The summed E-state index contributed by atoms with van der Waals surface area (Å²) in [5.74, 6) is -0.00168. The van der Waals surface area contributed by atoms with Crippen molar-refractivity contribution < 1.29 is 18.7 Å². The van der Waals surface area contributed by atoms with Gasteiger partial charge in [0.05, 0.1) is 11.7 Å². The van der Waals surface area contributed by atoms with Gasteiger partial charge in [0, 0.05) is 19.5 Å². The van der Waals surface area contributed by atoms with Gasteiger partial charge in [-0.05, 0) is 50.8 Å². The van der Waals surface area contributed by atoms with Gasteiger partial charge in [0.2, 0.25) is 5.91 Å². The number of hydrogen-bond donors (Lipinski definition) is 1. The molecule has 7 heteroatoms. The Hall–Kier alpha value is -2.93. The molecule has 2 unspecified atom stereocenters. The summed E-state index contributed by atoms with van der Waals surface area (Å²) in [6, 6.07) is 13.5. The van der Waals surface area contributed by atoms with Crippen LogP contribution in [-0.4, -0.2) is 50.0 Å². The van der Waals surface area contributed by atoms with Gasteiger partial charge >= 0.3 is 0 Å². The maximum atomic E-state index is 13.6. The lowest BCUT2D eigenvalue weighted by Gasteiger charge is -2.33. The van der Waals surface area contributed by atoms with Crippen LogP contribution in [0.3, 0.4) is 0 Å². The van der Waals surface area contributed by atoms with Gasteiger partial charge in [-0.25, -0.2) is 4.39 Å². The number of rotatable bonds is 7. The standard InChI is InChI=1S/C22H26FN3O3/c1-15-22(28)26(18-9-4-5-10-20(18)29-15)12-11-21(27)24-14-19(25(2)3)16-7-6-8-17(23)13-16/h4-10,13,15,19H,11-12,14H2,1-3H3,(H,24,27). The van der Waals surface area contributed by atoms with Crippen LogP contribution in [0.2, 0.25) is 0 Å². The third-order valence-corrected chi connectivity index (χ3v) is 4.99. The fourth-order valence-electron chi connectivity index (χ4n) is 3.41. The molecular weight excluding hydrogens is 373 g/mol. The molecule has 3 rings (SSSR count). The second-order valence-electron chi connectivity index (χ2n) is 7.31. The first-order valence-corrected chi connectivity index (χ1v) is 9.62. The average molecular weight is 399 g/mol. The molecule has 2 aromatic carbocycles. The van der Waals surface area contributed by atoms with Crippen LogP contribution in [0.15, 0.2) is 48.5 Å². The van der Waals surface area contributed by atoms with Crippen LogP contribution in [0, 0.1) is 5.82 Å². The molecule has 1 aliphatic heterocycles. The van der Waals surface area contributed by atoms with Gasteiger partial charge in [-0.15, -0.1) is 0 Å². The van der Waals surface area contributed by atoms with Gasteiger partial charge in [-0.1, -0.05) is 24.3 Å². The summed E-state index contributed by atoms with van der Waals surface area (Å²) in [6.45, 7) is 2.31. The third-order valence-electron chi connectivity index (χ3n) is 4.99. The van der Waals surface area contributed by atoms with E-state index in [1.165, 1.54) is 12.1 Å².